The quantitative estimate of drug-likeness (QED) is 0.407. The monoisotopic (exact) mass is 465 g/mol. The molecule has 2 heteroatoms. The molecule has 1 saturated carbocycles. The number of carbonyl (C=O) groups is 1. The molecule has 2 aliphatic rings. The molecule has 35 heavy (non-hydrogen) atoms. The Morgan fingerprint density at radius 1 is 0.971 bits per heavy atom. The molecule has 0 radical (unpaired) electrons. The van der Waals surface area contributed by atoms with Crippen molar-refractivity contribution in [2.24, 2.45) is 11.3 Å². The lowest BCUT2D eigenvalue weighted by molar-refractivity contribution is 0.0254. The summed E-state index contributed by atoms with van der Waals surface area (Å²) in [5.41, 5.74) is 7.68. The zero-order valence-corrected chi connectivity index (χ0v) is 21.7. The predicted molar refractivity (Wildman–Crippen MR) is 146 cm³/mol. The number of rotatable bonds is 5. The van der Waals surface area contributed by atoms with Gasteiger partial charge < -0.3 is 5.32 Å². The minimum absolute atomic E-state index is 0.0382. The van der Waals surface area contributed by atoms with Crippen molar-refractivity contribution in [3.05, 3.63) is 95.1 Å². The number of hydrogen-bond donors (Lipinski definition) is 1. The third-order valence-corrected chi connectivity index (χ3v) is 9.08. The number of hydrogen-bond acceptors (Lipinski definition) is 1. The summed E-state index contributed by atoms with van der Waals surface area (Å²) in [6, 6.07) is 25.4. The number of amides is 1. The van der Waals surface area contributed by atoms with Gasteiger partial charge in [-0.3, -0.25) is 4.79 Å². The Labute approximate surface area is 211 Å². The van der Waals surface area contributed by atoms with Crippen LogP contribution in [0.15, 0.2) is 72.8 Å². The van der Waals surface area contributed by atoms with E-state index in [0.29, 0.717) is 11.8 Å². The van der Waals surface area contributed by atoms with Gasteiger partial charge in [-0.05, 0) is 82.2 Å². The lowest BCUT2D eigenvalue weighted by Crippen LogP contribution is -2.53. The zero-order valence-electron chi connectivity index (χ0n) is 21.7. The molecule has 0 heterocycles. The molecule has 0 aromatic heterocycles. The highest BCUT2D eigenvalue weighted by Crippen LogP contribution is 2.57. The third kappa shape index (κ3) is 4.33. The van der Waals surface area contributed by atoms with E-state index in [-0.39, 0.29) is 16.7 Å². The van der Waals surface area contributed by atoms with E-state index in [4.69, 9.17) is 0 Å². The summed E-state index contributed by atoms with van der Waals surface area (Å²) >= 11 is 0. The molecule has 3 atom stereocenters. The molecule has 2 aliphatic carbocycles. The van der Waals surface area contributed by atoms with Crippen molar-refractivity contribution in [2.75, 3.05) is 6.54 Å². The first-order valence-electron chi connectivity index (χ1n) is 13.4. The fraction of sp³-hybridized carbons (Fsp3) is 0.424. The Morgan fingerprint density at radius 3 is 2.49 bits per heavy atom. The largest absolute Gasteiger partial charge is 0.351 e. The van der Waals surface area contributed by atoms with Crippen LogP contribution in [0.1, 0.15) is 86.3 Å². The molecule has 2 nitrogen and oxygen atoms in total. The SMILES string of the molecule is CC(C)c1ccc2c(c1)[C@@]1(C)CCC[C@](C)(CNC(=O)c3ccccc3-c3ccccc3)[C@@H]1CC2. The summed E-state index contributed by atoms with van der Waals surface area (Å²) in [6.07, 6.45) is 5.98. The average Bonchev–Trinajstić information content (AvgIpc) is 2.87. The molecule has 0 saturated heterocycles. The summed E-state index contributed by atoms with van der Waals surface area (Å²) in [7, 11) is 0. The van der Waals surface area contributed by atoms with Crippen LogP contribution in [0.3, 0.4) is 0 Å². The molecule has 3 aromatic carbocycles. The Kier molecular flexibility index (Phi) is 6.34. The van der Waals surface area contributed by atoms with Gasteiger partial charge in [0, 0.05) is 12.1 Å². The summed E-state index contributed by atoms with van der Waals surface area (Å²) < 4.78 is 0. The predicted octanol–water partition coefficient (Wildman–Crippen LogP) is 7.92. The second kappa shape index (κ2) is 9.30. The van der Waals surface area contributed by atoms with Gasteiger partial charge in [-0.15, -0.1) is 0 Å². The minimum atomic E-state index is 0.0382. The van der Waals surface area contributed by atoms with Crippen molar-refractivity contribution in [1.29, 1.82) is 0 Å². The molecule has 1 fully saturated rings. The number of benzene rings is 3. The first-order chi connectivity index (χ1) is 16.8. The van der Waals surface area contributed by atoms with Crippen LogP contribution < -0.4 is 5.32 Å². The fourth-order valence-electron chi connectivity index (χ4n) is 7.11. The first-order valence-corrected chi connectivity index (χ1v) is 13.4. The van der Waals surface area contributed by atoms with Crippen molar-refractivity contribution in [2.45, 2.75) is 71.1 Å². The van der Waals surface area contributed by atoms with Crippen LogP contribution in [0.5, 0.6) is 0 Å². The smallest absolute Gasteiger partial charge is 0.251 e. The molecule has 0 spiro atoms. The second-order valence-electron chi connectivity index (χ2n) is 11.7. The topological polar surface area (TPSA) is 29.1 Å². The van der Waals surface area contributed by atoms with Crippen molar-refractivity contribution < 1.29 is 4.79 Å². The fourth-order valence-corrected chi connectivity index (χ4v) is 7.11. The molecular formula is C33H39NO. The Morgan fingerprint density at radius 2 is 1.71 bits per heavy atom. The molecule has 0 unspecified atom stereocenters. The van der Waals surface area contributed by atoms with Gasteiger partial charge in [-0.25, -0.2) is 0 Å². The molecular weight excluding hydrogens is 426 g/mol. The molecule has 3 aromatic rings. The van der Waals surface area contributed by atoms with Gasteiger partial charge >= 0.3 is 0 Å². The van der Waals surface area contributed by atoms with E-state index in [1.54, 1.807) is 11.1 Å². The van der Waals surface area contributed by atoms with Crippen LogP contribution in [0.25, 0.3) is 11.1 Å². The van der Waals surface area contributed by atoms with E-state index in [0.717, 1.165) is 29.7 Å². The summed E-state index contributed by atoms with van der Waals surface area (Å²) in [5, 5.41) is 3.38. The van der Waals surface area contributed by atoms with Crippen LogP contribution in [0.4, 0.5) is 0 Å². The average molecular weight is 466 g/mol. The lowest BCUT2D eigenvalue weighted by Gasteiger charge is -2.55. The highest BCUT2D eigenvalue weighted by Gasteiger charge is 2.51. The van der Waals surface area contributed by atoms with Crippen molar-refractivity contribution in [3.8, 4) is 11.1 Å². The molecule has 1 N–H and O–H groups in total. The number of aryl methyl sites for hydroxylation is 1. The molecule has 0 aliphatic heterocycles. The number of nitrogens with one attached hydrogen (secondary N) is 1. The molecule has 1 amide bonds. The van der Waals surface area contributed by atoms with Gasteiger partial charge in [-0.1, -0.05) is 101 Å². The molecule has 0 bridgehead atoms. The van der Waals surface area contributed by atoms with Gasteiger partial charge in [0.15, 0.2) is 0 Å². The normalized spacial score (nSPS) is 25.6. The maximum atomic E-state index is 13.5. The molecule has 182 valence electrons. The standard InChI is InChI=1S/C33H39NO/c1-23(2)26-16-15-25-17-18-30-32(3,19-10-20-33(30,4)29(25)21-26)22-34-31(35)28-14-9-8-13-27(28)24-11-6-5-7-12-24/h5-9,11-16,21,23,30H,10,17-20,22H2,1-4H3,(H,34,35)/t30-,32+,33+/m0/s1. The Balaban J connectivity index is 1.40. The highest BCUT2D eigenvalue weighted by atomic mass is 16.1. The zero-order chi connectivity index (χ0) is 24.6. The van der Waals surface area contributed by atoms with Gasteiger partial charge in [0.2, 0.25) is 0 Å². The van der Waals surface area contributed by atoms with Crippen molar-refractivity contribution in [3.63, 3.8) is 0 Å². The van der Waals surface area contributed by atoms with Crippen LogP contribution >= 0.6 is 0 Å². The molecule has 5 rings (SSSR count). The summed E-state index contributed by atoms with van der Waals surface area (Å²) in [4.78, 5) is 13.5. The lowest BCUT2D eigenvalue weighted by atomic mass is 9.49. The Hall–Kier alpha value is -2.87. The van der Waals surface area contributed by atoms with E-state index >= 15 is 0 Å². The van der Waals surface area contributed by atoms with E-state index in [1.807, 2.05) is 42.5 Å². The maximum absolute atomic E-state index is 13.5. The highest BCUT2D eigenvalue weighted by molar-refractivity contribution is 6.00. The minimum Gasteiger partial charge on any atom is -0.351 e. The van der Waals surface area contributed by atoms with Gasteiger partial charge in [0.1, 0.15) is 0 Å². The first kappa shape index (κ1) is 23.9. The Bertz CT molecular complexity index is 1210. The summed E-state index contributed by atoms with van der Waals surface area (Å²) in [6.45, 7) is 10.2. The van der Waals surface area contributed by atoms with Crippen molar-refractivity contribution in [1.82, 2.24) is 5.32 Å². The van der Waals surface area contributed by atoms with Crippen LogP contribution in [-0.2, 0) is 11.8 Å². The van der Waals surface area contributed by atoms with Crippen molar-refractivity contribution >= 4 is 5.91 Å². The van der Waals surface area contributed by atoms with Crippen LogP contribution in [0, 0.1) is 11.3 Å². The van der Waals surface area contributed by atoms with Crippen LogP contribution in [0.2, 0.25) is 0 Å². The maximum Gasteiger partial charge on any atom is 0.251 e. The number of fused-ring (bicyclic) bond motifs is 3. The van der Waals surface area contributed by atoms with E-state index < -0.39 is 0 Å². The second-order valence-corrected chi connectivity index (χ2v) is 11.7. The van der Waals surface area contributed by atoms with Gasteiger partial charge in [0.05, 0.1) is 0 Å². The van der Waals surface area contributed by atoms with E-state index in [1.165, 1.54) is 31.2 Å². The van der Waals surface area contributed by atoms with E-state index in [9.17, 15) is 4.79 Å². The number of carbonyl (C=O) groups excluding carboxylic acids is 1. The van der Waals surface area contributed by atoms with Crippen LogP contribution in [-0.4, -0.2) is 12.5 Å². The summed E-state index contributed by atoms with van der Waals surface area (Å²) in [5.74, 6) is 1.16. The van der Waals surface area contributed by atoms with Gasteiger partial charge in [-0.2, -0.15) is 0 Å². The van der Waals surface area contributed by atoms with E-state index in [2.05, 4.69) is 63.3 Å². The third-order valence-electron chi connectivity index (χ3n) is 9.08. The van der Waals surface area contributed by atoms with Gasteiger partial charge in [0.25, 0.3) is 5.91 Å².